The van der Waals surface area contributed by atoms with Crippen molar-refractivity contribution in [2.45, 2.75) is 45.8 Å². The number of nitrogens with one attached hydrogen (secondary N) is 1. The minimum Gasteiger partial charge on any atom is -0.400 e. The van der Waals surface area contributed by atoms with Crippen molar-refractivity contribution in [3.8, 4) is 0 Å². The van der Waals surface area contributed by atoms with Crippen LogP contribution in [0.3, 0.4) is 0 Å². The number of aldehydes is 1. The van der Waals surface area contributed by atoms with Gasteiger partial charge in [-0.1, -0.05) is 6.08 Å². The molecule has 1 aliphatic rings. The molecular formula is C17H22BFN2O4. The third-order valence-corrected chi connectivity index (χ3v) is 4.53. The van der Waals surface area contributed by atoms with Crippen molar-refractivity contribution < 1.29 is 23.3 Å². The summed E-state index contributed by atoms with van der Waals surface area (Å²) in [7, 11) is -0.729. The fourth-order valence-corrected chi connectivity index (χ4v) is 2.33. The van der Waals surface area contributed by atoms with Gasteiger partial charge in [-0.3, -0.25) is 9.59 Å². The molecule has 0 bridgehead atoms. The molecule has 1 aliphatic heterocycles. The molecule has 0 unspecified atom stereocenters. The van der Waals surface area contributed by atoms with Crippen molar-refractivity contribution in [2.75, 3.05) is 6.54 Å². The van der Waals surface area contributed by atoms with Crippen LogP contribution < -0.4 is 5.32 Å². The number of amides is 1. The summed E-state index contributed by atoms with van der Waals surface area (Å²) in [6, 6.07) is 1.52. The number of hydrogen-bond acceptors (Lipinski definition) is 5. The number of hydrogen-bond donors (Lipinski definition) is 1. The van der Waals surface area contributed by atoms with Gasteiger partial charge in [0.25, 0.3) is 0 Å². The topological polar surface area (TPSA) is 77.5 Å². The van der Waals surface area contributed by atoms with Crippen molar-refractivity contribution in [3.05, 3.63) is 34.8 Å². The largest absolute Gasteiger partial charge is 0.492 e. The Balaban J connectivity index is 2.42. The molecule has 2 rings (SSSR count). The number of nitrogens with zero attached hydrogens (tertiary/aromatic N) is 1. The number of rotatable bonds is 5. The van der Waals surface area contributed by atoms with Crippen LogP contribution >= 0.6 is 0 Å². The van der Waals surface area contributed by atoms with E-state index in [1.54, 1.807) is 6.08 Å². The summed E-state index contributed by atoms with van der Waals surface area (Å²) in [5.74, 6) is -1.07. The van der Waals surface area contributed by atoms with E-state index in [9.17, 15) is 14.0 Å². The van der Waals surface area contributed by atoms with E-state index < -0.39 is 24.3 Å². The van der Waals surface area contributed by atoms with Gasteiger partial charge >= 0.3 is 7.12 Å². The molecule has 2 heterocycles. The fraction of sp³-hybridized carbons (Fsp3) is 0.471. The molecule has 1 aromatic heterocycles. The van der Waals surface area contributed by atoms with Gasteiger partial charge in [0.05, 0.1) is 16.8 Å². The summed E-state index contributed by atoms with van der Waals surface area (Å²) in [6.45, 7) is 9.18. The van der Waals surface area contributed by atoms with Gasteiger partial charge in [-0.15, -0.1) is 0 Å². The predicted octanol–water partition coefficient (Wildman–Crippen LogP) is 2.18. The lowest BCUT2D eigenvalue weighted by Gasteiger charge is -2.32. The van der Waals surface area contributed by atoms with E-state index in [1.807, 2.05) is 27.7 Å². The standard InChI is InChI=1S/C17H22BFN2O4/c1-11(23)21-9-13(18-24-16(2,3)17(4,5)25-18)8-12-6-7-20-15(19)14(12)10-22/h6-8,10H,9H2,1-5H3,(H,21,23). The molecule has 0 atom stereocenters. The van der Waals surface area contributed by atoms with Crippen LogP contribution in [0.2, 0.25) is 0 Å². The quantitative estimate of drug-likeness (QED) is 0.501. The summed E-state index contributed by atoms with van der Waals surface area (Å²) in [6.07, 6.45) is 3.27. The van der Waals surface area contributed by atoms with E-state index in [0.717, 1.165) is 0 Å². The van der Waals surface area contributed by atoms with E-state index in [2.05, 4.69) is 10.3 Å². The molecule has 8 heteroatoms. The highest BCUT2D eigenvalue weighted by Gasteiger charge is 2.52. The number of halogens is 1. The van der Waals surface area contributed by atoms with Crippen molar-refractivity contribution >= 4 is 25.4 Å². The predicted molar refractivity (Wildman–Crippen MR) is 92.3 cm³/mol. The molecule has 0 aromatic carbocycles. The van der Waals surface area contributed by atoms with Crippen molar-refractivity contribution in [1.29, 1.82) is 0 Å². The van der Waals surface area contributed by atoms with Crippen molar-refractivity contribution in [2.24, 2.45) is 0 Å². The Morgan fingerprint density at radius 2 is 1.92 bits per heavy atom. The van der Waals surface area contributed by atoms with Gasteiger partial charge in [0.15, 0.2) is 6.29 Å². The Morgan fingerprint density at radius 1 is 1.32 bits per heavy atom. The van der Waals surface area contributed by atoms with Crippen LogP contribution in [-0.2, 0) is 14.1 Å². The summed E-state index contributed by atoms with van der Waals surface area (Å²) >= 11 is 0. The molecule has 1 saturated heterocycles. The monoisotopic (exact) mass is 348 g/mol. The van der Waals surface area contributed by atoms with Crippen molar-refractivity contribution in [3.63, 3.8) is 0 Å². The van der Waals surface area contributed by atoms with E-state index in [1.165, 1.54) is 19.2 Å². The lowest BCUT2D eigenvalue weighted by Crippen LogP contribution is -2.41. The molecule has 0 spiro atoms. The Bertz CT molecular complexity index is 703. The molecule has 0 radical (unpaired) electrons. The molecule has 1 fully saturated rings. The first-order valence-electron chi connectivity index (χ1n) is 7.97. The molecule has 6 nitrogen and oxygen atoms in total. The highest BCUT2D eigenvalue weighted by molar-refractivity contribution is 6.56. The molecule has 1 N–H and O–H groups in total. The van der Waals surface area contributed by atoms with E-state index in [-0.39, 0.29) is 18.0 Å². The first-order chi connectivity index (χ1) is 11.6. The van der Waals surface area contributed by atoms with Crippen molar-refractivity contribution in [1.82, 2.24) is 10.3 Å². The van der Waals surface area contributed by atoms with Crippen LogP contribution in [0.1, 0.15) is 50.5 Å². The second kappa shape index (κ2) is 7.05. The average Bonchev–Trinajstić information content (AvgIpc) is 2.71. The third-order valence-electron chi connectivity index (χ3n) is 4.53. The van der Waals surface area contributed by atoms with Gasteiger partial charge in [0.1, 0.15) is 0 Å². The molecule has 134 valence electrons. The molecular weight excluding hydrogens is 326 g/mol. The maximum atomic E-state index is 13.7. The van der Waals surface area contributed by atoms with E-state index in [4.69, 9.17) is 9.31 Å². The van der Waals surface area contributed by atoms with E-state index >= 15 is 0 Å². The lowest BCUT2D eigenvalue weighted by molar-refractivity contribution is -0.118. The number of carbonyl (C=O) groups excluding carboxylic acids is 2. The van der Waals surface area contributed by atoms with Gasteiger partial charge in [-0.2, -0.15) is 4.39 Å². The number of pyridine rings is 1. The zero-order chi connectivity index (χ0) is 18.8. The van der Waals surface area contributed by atoms with Crippen LogP contribution in [0, 0.1) is 5.95 Å². The van der Waals surface area contributed by atoms with Crippen LogP contribution in [0.5, 0.6) is 0 Å². The van der Waals surface area contributed by atoms with E-state index in [0.29, 0.717) is 17.3 Å². The van der Waals surface area contributed by atoms with Gasteiger partial charge < -0.3 is 14.6 Å². The zero-order valence-corrected chi connectivity index (χ0v) is 15.1. The highest BCUT2D eigenvalue weighted by atomic mass is 19.1. The first kappa shape index (κ1) is 19.3. The van der Waals surface area contributed by atoms with Gasteiger partial charge in [0.2, 0.25) is 11.9 Å². The molecule has 0 aliphatic carbocycles. The maximum absolute atomic E-state index is 13.7. The maximum Gasteiger partial charge on any atom is 0.492 e. The Labute approximate surface area is 146 Å². The molecule has 1 aromatic rings. The summed E-state index contributed by atoms with van der Waals surface area (Å²) in [4.78, 5) is 26.0. The minimum absolute atomic E-state index is 0.147. The van der Waals surface area contributed by atoms with Gasteiger partial charge in [0, 0.05) is 19.7 Å². The smallest absolute Gasteiger partial charge is 0.400 e. The average molecular weight is 348 g/mol. The Morgan fingerprint density at radius 3 is 2.44 bits per heavy atom. The van der Waals surface area contributed by atoms with Crippen LogP contribution in [0.4, 0.5) is 4.39 Å². The minimum atomic E-state index is -0.850. The number of carbonyl (C=O) groups is 2. The fourth-order valence-electron chi connectivity index (χ4n) is 2.33. The number of aromatic nitrogens is 1. The normalized spacial score (nSPS) is 19.0. The second-order valence-electron chi connectivity index (χ2n) is 6.94. The highest BCUT2D eigenvalue weighted by Crippen LogP contribution is 2.38. The lowest BCUT2D eigenvalue weighted by atomic mass is 9.76. The summed E-state index contributed by atoms with van der Waals surface area (Å²) in [5.41, 5.74) is -0.368. The Hall–Kier alpha value is -2.06. The molecule has 25 heavy (non-hydrogen) atoms. The summed E-state index contributed by atoms with van der Waals surface area (Å²) in [5, 5.41) is 2.68. The van der Waals surface area contributed by atoms with Crippen LogP contribution in [0.15, 0.2) is 17.7 Å². The molecule has 1 amide bonds. The Kier molecular flexibility index (Phi) is 5.44. The summed E-state index contributed by atoms with van der Waals surface area (Å²) < 4.78 is 25.7. The van der Waals surface area contributed by atoms with Crippen LogP contribution in [-0.4, -0.2) is 42.0 Å². The van der Waals surface area contributed by atoms with Crippen LogP contribution in [0.25, 0.3) is 6.08 Å². The van der Waals surface area contributed by atoms with Gasteiger partial charge in [-0.25, -0.2) is 4.98 Å². The SMILES string of the molecule is CC(=O)NCC(=Cc1ccnc(F)c1C=O)B1OC(C)(C)C(C)(C)O1. The third kappa shape index (κ3) is 4.14. The molecule has 0 saturated carbocycles. The second-order valence-corrected chi connectivity index (χ2v) is 6.94. The first-order valence-corrected chi connectivity index (χ1v) is 7.97. The zero-order valence-electron chi connectivity index (χ0n) is 15.1. The van der Waals surface area contributed by atoms with Gasteiger partial charge in [-0.05, 0) is 44.8 Å².